The summed E-state index contributed by atoms with van der Waals surface area (Å²) in [5.41, 5.74) is 0.755. The summed E-state index contributed by atoms with van der Waals surface area (Å²) in [4.78, 5) is 0. The molecule has 94 valence electrons. The van der Waals surface area contributed by atoms with E-state index in [1.54, 1.807) is 12.1 Å². The molecule has 0 fully saturated rings. The van der Waals surface area contributed by atoms with Gasteiger partial charge in [-0.3, -0.25) is 0 Å². The molecule has 1 unspecified atom stereocenters. The van der Waals surface area contributed by atoms with Crippen LogP contribution in [-0.2, 0) is 0 Å². The molecule has 2 aromatic rings. The molecule has 0 radical (unpaired) electrons. The Morgan fingerprint density at radius 3 is 2.33 bits per heavy atom. The van der Waals surface area contributed by atoms with E-state index in [2.05, 4.69) is 22.6 Å². The van der Waals surface area contributed by atoms with Crippen molar-refractivity contribution in [2.45, 2.75) is 6.10 Å². The van der Waals surface area contributed by atoms with Crippen molar-refractivity contribution >= 4 is 34.2 Å². The maximum Gasteiger partial charge on any atom is 0.160 e. The summed E-state index contributed by atoms with van der Waals surface area (Å²) in [6, 6.07) is 8.90. The monoisotopic (exact) mass is 380 g/mol. The van der Waals surface area contributed by atoms with E-state index in [9.17, 15) is 13.9 Å². The van der Waals surface area contributed by atoms with Gasteiger partial charge in [0, 0.05) is 14.2 Å². The molecule has 5 heteroatoms. The first-order valence-electron chi connectivity index (χ1n) is 5.07. The van der Waals surface area contributed by atoms with Crippen molar-refractivity contribution in [3.05, 3.63) is 67.8 Å². The number of hydrogen-bond acceptors (Lipinski definition) is 1. The molecule has 0 saturated heterocycles. The van der Waals surface area contributed by atoms with Gasteiger partial charge < -0.3 is 5.11 Å². The summed E-state index contributed by atoms with van der Waals surface area (Å²) in [6.07, 6.45) is -1.08. The summed E-state index contributed by atoms with van der Waals surface area (Å²) in [7, 11) is 0. The zero-order valence-electron chi connectivity index (χ0n) is 9.00. The Morgan fingerprint density at radius 2 is 1.67 bits per heavy atom. The van der Waals surface area contributed by atoms with Crippen LogP contribution in [0, 0.1) is 15.2 Å². The quantitative estimate of drug-likeness (QED) is 0.608. The number of aliphatic hydroxyl groups excluding tert-OH is 1. The van der Waals surface area contributed by atoms with Crippen molar-refractivity contribution in [3.8, 4) is 0 Å². The third kappa shape index (κ3) is 2.65. The van der Waals surface area contributed by atoms with E-state index in [1.165, 1.54) is 0 Å². The molecule has 18 heavy (non-hydrogen) atoms. The highest BCUT2D eigenvalue weighted by molar-refractivity contribution is 14.1. The average Bonchev–Trinajstić information content (AvgIpc) is 2.33. The van der Waals surface area contributed by atoms with Crippen LogP contribution in [0.2, 0.25) is 5.02 Å². The summed E-state index contributed by atoms with van der Waals surface area (Å²) in [5, 5.41) is 10.2. The maximum absolute atomic E-state index is 13.2. The van der Waals surface area contributed by atoms with E-state index >= 15 is 0 Å². The predicted molar refractivity (Wildman–Crippen MR) is 74.6 cm³/mol. The largest absolute Gasteiger partial charge is 0.384 e. The van der Waals surface area contributed by atoms with Crippen molar-refractivity contribution in [2.75, 3.05) is 0 Å². The van der Waals surface area contributed by atoms with Crippen LogP contribution in [0.5, 0.6) is 0 Å². The molecular formula is C13H8ClF2IO. The zero-order valence-corrected chi connectivity index (χ0v) is 11.9. The molecule has 2 aromatic carbocycles. The molecule has 0 aliphatic rings. The lowest BCUT2D eigenvalue weighted by atomic mass is 10.0. The fourth-order valence-corrected chi connectivity index (χ4v) is 2.55. The predicted octanol–water partition coefficient (Wildman–Crippen LogP) is 4.30. The van der Waals surface area contributed by atoms with E-state index in [1.807, 2.05) is 12.1 Å². The van der Waals surface area contributed by atoms with Crippen LogP contribution in [0.3, 0.4) is 0 Å². The Bertz CT molecular complexity index is 589. The standard InChI is InChI=1S/C13H8ClF2IO/c14-9-6-11(16)10(15)5-8(9)13(18)7-3-1-2-4-12(7)17/h1-6,13,18H. The van der Waals surface area contributed by atoms with Crippen molar-refractivity contribution in [3.63, 3.8) is 0 Å². The topological polar surface area (TPSA) is 20.2 Å². The third-order valence-electron chi connectivity index (χ3n) is 2.53. The highest BCUT2D eigenvalue weighted by atomic mass is 127. The molecule has 0 amide bonds. The van der Waals surface area contributed by atoms with Crippen molar-refractivity contribution in [2.24, 2.45) is 0 Å². The molecule has 1 atom stereocenters. The first-order valence-corrected chi connectivity index (χ1v) is 6.53. The second-order valence-corrected chi connectivity index (χ2v) is 5.28. The van der Waals surface area contributed by atoms with Gasteiger partial charge in [-0.05, 0) is 46.4 Å². The highest BCUT2D eigenvalue weighted by Crippen LogP contribution is 2.32. The molecule has 2 rings (SSSR count). The SMILES string of the molecule is OC(c1cc(F)c(F)cc1Cl)c1ccccc1I. The molecule has 0 aromatic heterocycles. The second kappa shape index (κ2) is 5.50. The van der Waals surface area contributed by atoms with Gasteiger partial charge in [0.05, 0.1) is 0 Å². The molecule has 0 aliphatic heterocycles. The second-order valence-electron chi connectivity index (χ2n) is 3.71. The Balaban J connectivity index is 2.50. The lowest BCUT2D eigenvalue weighted by Crippen LogP contribution is -2.04. The number of aliphatic hydroxyl groups is 1. The van der Waals surface area contributed by atoms with E-state index in [0.29, 0.717) is 5.56 Å². The van der Waals surface area contributed by atoms with E-state index in [-0.39, 0.29) is 10.6 Å². The van der Waals surface area contributed by atoms with Gasteiger partial charge in [-0.15, -0.1) is 0 Å². The van der Waals surface area contributed by atoms with Crippen molar-refractivity contribution < 1.29 is 13.9 Å². The highest BCUT2D eigenvalue weighted by Gasteiger charge is 2.18. The smallest absolute Gasteiger partial charge is 0.160 e. The van der Waals surface area contributed by atoms with Crippen molar-refractivity contribution in [1.82, 2.24) is 0 Å². The normalized spacial score (nSPS) is 12.5. The van der Waals surface area contributed by atoms with Gasteiger partial charge in [-0.2, -0.15) is 0 Å². The lowest BCUT2D eigenvalue weighted by Gasteiger charge is -2.15. The number of benzene rings is 2. The van der Waals surface area contributed by atoms with Crippen molar-refractivity contribution in [1.29, 1.82) is 0 Å². The van der Waals surface area contributed by atoms with Gasteiger partial charge in [0.25, 0.3) is 0 Å². The fourth-order valence-electron chi connectivity index (χ4n) is 1.61. The van der Waals surface area contributed by atoms with Crippen LogP contribution in [0.25, 0.3) is 0 Å². The van der Waals surface area contributed by atoms with E-state index in [4.69, 9.17) is 11.6 Å². The first-order chi connectivity index (χ1) is 8.50. The van der Waals surface area contributed by atoms with Gasteiger partial charge in [0.15, 0.2) is 11.6 Å². The van der Waals surface area contributed by atoms with Crippen LogP contribution < -0.4 is 0 Å². The Hall–Kier alpha value is -0.720. The van der Waals surface area contributed by atoms with E-state index < -0.39 is 17.7 Å². The minimum atomic E-state index is -1.08. The van der Waals surface area contributed by atoms with E-state index in [0.717, 1.165) is 15.7 Å². The lowest BCUT2D eigenvalue weighted by molar-refractivity contribution is 0.218. The third-order valence-corrected chi connectivity index (χ3v) is 3.84. The van der Waals surface area contributed by atoms with Crippen LogP contribution in [0.4, 0.5) is 8.78 Å². The van der Waals surface area contributed by atoms with Gasteiger partial charge in [0.1, 0.15) is 6.10 Å². The van der Waals surface area contributed by atoms with Crippen LogP contribution in [0.1, 0.15) is 17.2 Å². The first kappa shape index (κ1) is 13.7. The van der Waals surface area contributed by atoms with Gasteiger partial charge >= 0.3 is 0 Å². The van der Waals surface area contributed by atoms with Crippen LogP contribution in [0.15, 0.2) is 36.4 Å². The van der Waals surface area contributed by atoms with Gasteiger partial charge in [-0.25, -0.2) is 8.78 Å². The Kier molecular flexibility index (Phi) is 4.19. The number of rotatable bonds is 2. The molecule has 1 nitrogen and oxygen atoms in total. The summed E-state index contributed by atoms with van der Waals surface area (Å²) < 4.78 is 27.0. The molecule has 1 N–H and O–H groups in total. The summed E-state index contributed by atoms with van der Waals surface area (Å²) in [5.74, 6) is -2.06. The minimum Gasteiger partial charge on any atom is -0.384 e. The van der Waals surface area contributed by atoms with Crippen LogP contribution in [-0.4, -0.2) is 5.11 Å². The summed E-state index contributed by atoms with van der Waals surface area (Å²) in [6.45, 7) is 0. The molecule has 0 aliphatic carbocycles. The zero-order chi connectivity index (χ0) is 13.3. The van der Waals surface area contributed by atoms with Gasteiger partial charge in [-0.1, -0.05) is 29.8 Å². The fraction of sp³-hybridized carbons (Fsp3) is 0.0769. The average molecular weight is 381 g/mol. The van der Waals surface area contributed by atoms with Crippen LogP contribution >= 0.6 is 34.2 Å². The molecule has 0 saturated carbocycles. The van der Waals surface area contributed by atoms with Gasteiger partial charge in [0.2, 0.25) is 0 Å². The molecular weight excluding hydrogens is 372 g/mol. The Morgan fingerprint density at radius 1 is 1.06 bits per heavy atom. The summed E-state index contributed by atoms with van der Waals surface area (Å²) >= 11 is 7.89. The molecule has 0 bridgehead atoms. The Labute approximate surface area is 122 Å². The number of hydrogen-bond donors (Lipinski definition) is 1. The molecule has 0 heterocycles. The minimum absolute atomic E-state index is 0.000975. The maximum atomic E-state index is 13.2. The molecule has 0 spiro atoms. The number of halogens is 4.